The summed E-state index contributed by atoms with van der Waals surface area (Å²) in [5, 5.41) is 0. The van der Waals surface area contributed by atoms with Crippen molar-refractivity contribution in [3.63, 3.8) is 0 Å². The first-order chi connectivity index (χ1) is 14.0. The van der Waals surface area contributed by atoms with E-state index in [0.29, 0.717) is 24.3 Å². The third-order valence-corrected chi connectivity index (χ3v) is 5.21. The molecule has 0 radical (unpaired) electrons. The van der Waals surface area contributed by atoms with Crippen LogP contribution in [0.3, 0.4) is 0 Å². The van der Waals surface area contributed by atoms with Gasteiger partial charge in [-0.25, -0.2) is 13.3 Å². The fraction of sp³-hybridized carbons (Fsp3) is 0.273. The van der Waals surface area contributed by atoms with E-state index in [1.807, 2.05) is 46.8 Å². The molecule has 1 amide bonds. The lowest BCUT2D eigenvalue weighted by molar-refractivity contribution is -0.693. The van der Waals surface area contributed by atoms with Crippen molar-refractivity contribution in [3.8, 4) is 11.4 Å². The lowest BCUT2D eigenvalue weighted by atomic mass is 10.2. The Kier molecular flexibility index (Phi) is 5.05. The van der Waals surface area contributed by atoms with Crippen molar-refractivity contribution >= 4 is 11.6 Å². The molecule has 0 unspecified atom stereocenters. The van der Waals surface area contributed by atoms with Crippen molar-refractivity contribution in [1.29, 1.82) is 0 Å². The molecule has 1 aromatic heterocycles. The molecule has 0 aliphatic carbocycles. The minimum atomic E-state index is -0.853. The number of aryl methyl sites for hydroxylation is 1. The number of aromatic nitrogens is 2. The largest absolute Gasteiger partial charge is 0.492 e. The van der Waals surface area contributed by atoms with Crippen LogP contribution in [0.1, 0.15) is 24.1 Å². The summed E-state index contributed by atoms with van der Waals surface area (Å²) in [4.78, 5) is 13.8. The highest BCUT2D eigenvalue weighted by Crippen LogP contribution is 2.30. The highest BCUT2D eigenvalue weighted by atomic mass is 19.2. The number of carbonyl (C=O) groups excluding carboxylic acids is 1. The predicted octanol–water partition coefficient (Wildman–Crippen LogP) is 3.54. The summed E-state index contributed by atoms with van der Waals surface area (Å²) >= 11 is 0. The molecule has 4 rings (SSSR count). The molecule has 0 atom stereocenters. The summed E-state index contributed by atoms with van der Waals surface area (Å²) in [5.41, 5.74) is 3.28. The van der Waals surface area contributed by atoms with Gasteiger partial charge < -0.3 is 9.64 Å². The van der Waals surface area contributed by atoms with E-state index in [4.69, 9.17) is 4.74 Å². The molecule has 5 nitrogen and oxygen atoms in total. The second-order valence-corrected chi connectivity index (χ2v) is 7.17. The number of imidazole rings is 1. The van der Waals surface area contributed by atoms with Gasteiger partial charge in [-0.15, -0.1) is 0 Å². The normalized spacial score (nSPS) is 13.9. The van der Waals surface area contributed by atoms with E-state index in [9.17, 15) is 13.6 Å². The number of benzene rings is 2. The molecule has 2 heterocycles. The number of hydrogen-bond donors (Lipinski definition) is 0. The monoisotopic (exact) mass is 398 g/mol. The molecule has 1 fully saturated rings. The topological polar surface area (TPSA) is 38.4 Å². The molecule has 0 saturated carbocycles. The van der Waals surface area contributed by atoms with Crippen molar-refractivity contribution in [2.45, 2.75) is 26.3 Å². The third kappa shape index (κ3) is 3.72. The number of carbonyl (C=O) groups is 1. The molecule has 2 aromatic carbocycles. The Labute approximate surface area is 167 Å². The number of ether oxygens (including phenoxy) is 1. The number of rotatable bonds is 5. The van der Waals surface area contributed by atoms with Crippen LogP contribution in [0.25, 0.3) is 5.69 Å². The molecule has 29 heavy (non-hydrogen) atoms. The van der Waals surface area contributed by atoms with Gasteiger partial charge in [-0.1, -0.05) is 6.07 Å². The zero-order valence-corrected chi connectivity index (χ0v) is 16.4. The molecule has 0 bridgehead atoms. The summed E-state index contributed by atoms with van der Waals surface area (Å²) in [5.74, 6) is -0.929. The standard InChI is InChI=1S/C22H22F2N3O2/c1-15-12-26(14-25(15)13-16-5-7-18(23)19(24)10-16)20-8-6-17(11-21(20)29-2)27-9-3-4-22(27)28/h5-8,10-12,14H,3-4,9,13H2,1-2H3/q+1. The van der Waals surface area contributed by atoms with E-state index in [1.54, 1.807) is 18.1 Å². The summed E-state index contributed by atoms with van der Waals surface area (Å²) in [7, 11) is 1.60. The maximum Gasteiger partial charge on any atom is 0.249 e. The maximum atomic E-state index is 13.5. The first-order valence-electron chi connectivity index (χ1n) is 9.47. The number of anilines is 1. The average molecular weight is 398 g/mol. The van der Waals surface area contributed by atoms with E-state index in [0.717, 1.165) is 36.1 Å². The Morgan fingerprint density at radius 2 is 1.97 bits per heavy atom. The van der Waals surface area contributed by atoms with Gasteiger partial charge in [0.1, 0.15) is 18.4 Å². The van der Waals surface area contributed by atoms with Gasteiger partial charge in [-0.3, -0.25) is 4.79 Å². The minimum absolute atomic E-state index is 0.126. The van der Waals surface area contributed by atoms with Crippen molar-refractivity contribution in [3.05, 3.63) is 71.8 Å². The number of hydrogen-bond acceptors (Lipinski definition) is 2. The fourth-order valence-electron chi connectivity index (χ4n) is 3.65. The first-order valence-corrected chi connectivity index (χ1v) is 9.47. The zero-order chi connectivity index (χ0) is 20.5. The number of nitrogens with zero attached hydrogens (tertiary/aromatic N) is 3. The first kappa shape index (κ1) is 19.1. The van der Waals surface area contributed by atoms with Crippen LogP contribution in [0.15, 0.2) is 48.9 Å². The second kappa shape index (κ2) is 7.66. The summed E-state index contributed by atoms with van der Waals surface area (Å²) < 4.78 is 36.1. The zero-order valence-electron chi connectivity index (χ0n) is 16.4. The van der Waals surface area contributed by atoms with Crippen molar-refractivity contribution in [2.75, 3.05) is 18.6 Å². The Bertz CT molecular complexity index is 1080. The van der Waals surface area contributed by atoms with Gasteiger partial charge in [0.15, 0.2) is 23.1 Å². The molecule has 7 heteroatoms. The summed E-state index contributed by atoms with van der Waals surface area (Å²) in [6, 6.07) is 9.62. The maximum absolute atomic E-state index is 13.5. The second-order valence-electron chi connectivity index (χ2n) is 7.17. The molecule has 1 aliphatic rings. The molecular formula is C22H22F2N3O2+. The Morgan fingerprint density at radius 1 is 1.14 bits per heavy atom. The van der Waals surface area contributed by atoms with Gasteiger partial charge in [0.25, 0.3) is 0 Å². The highest BCUT2D eigenvalue weighted by molar-refractivity contribution is 5.95. The van der Waals surface area contributed by atoms with Crippen molar-refractivity contribution in [2.24, 2.45) is 0 Å². The van der Waals surface area contributed by atoms with Crippen LogP contribution in [0.5, 0.6) is 5.75 Å². The molecule has 0 spiro atoms. The molecule has 1 aliphatic heterocycles. The summed E-state index contributed by atoms with van der Waals surface area (Å²) in [6.07, 6.45) is 5.27. The van der Waals surface area contributed by atoms with Crippen LogP contribution in [-0.2, 0) is 11.3 Å². The number of amides is 1. The molecule has 3 aromatic rings. The highest BCUT2D eigenvalue weighted by Gasteiger charge is 2.24. The molecule has 1 saturated heterocycles. The Morgan fingerprint density at radius 3 is 2.66 bits per heavy atom. The minimum Gasteiger partial charge on any atom is -0.492 e. The van der Waals surface area contributed by atoms with Gasteiger partial charge in [-0.05, 0) is 36.2 Å². The van der Waals surface area contributed by atoms with Crippen LogP contribution >= 0.6 is 0 Å². The molecular weight excluding hydrogens is 376 g/mol. The van der Waals surface area contributed by atoms with Gasteiger partial charge >= 0.3 is 0 Å². The van der Waals surface area contributed by atoms with Crippen LogP contribution in [0, 0.1) is 18.6 Å². The molecule has 150 valence electrons. The Hall–Kier alpha value is -3.22. The van der Waals surface area contributed by atoms with Crippen LogP contribution in [0.2, 0.25) is 0 Å². The summed E-state index contributed by atoms with van der Waals surface area (Å²) in [6.45, 7) is 3.08. The van der Waals surface area contributed by atoms with Crippen LogP contribution < -0.4 is 14.2 Å². The third-order valence-electron chi connectivity index (χ3n) is 5.21. The average Bonchev–Trinajstić information content (AvgIpc) is 3.30. The fourth-order valence-corrected chi connectivity index (χ4v) is 3.65. The van der Waals surface area contributed by atoms with Gasteiger partial charge in [0.2, 0.25) is 12.2 Å². The van der Waals surface area contributed by atoms with Gasteiger partial charge in [0, 0.05) is 31.6 Å². The predicted molar refractivity (Wildman–Crippen MR) is 104 cm³/mol. The lowest BCUT2D eigenvalue weighted by Gasteiger charge is -2.17. The number of methoxy groups -OCH3 is 1. The number of halogens is 2. The van der Waals surface area contributed by atoms with E-state index in [1.165, 1.54) is 6.07 Å². The molecule has 0 N–H and O–H groups in total. The van der Waals surface area contributed by atoms with E-state index in [-0.39, 0.29) is 5.91 Å². The van der Waals surface area contributed by atoms with Gasteiger partial charge in [-0.2, -0.15) is 4.57 Å². The SMILES string of the molecule is COc1cc(N2CCCC2=O)ccc1-n1cc(C)[n+](Cc2ccc(F)c(F)c2)c1. The van der Waals surface area contributed by atoms with Gasteiger partial charge in [0.05, 0.1) is 7.11 Å². The van der Waals surface area contributed by atoms with Crippen molar-refractivity contribution < 1.29 is 22.9 Å². The quantitative estimate of drug-likeness (QED) is 0.617. The van der Waals surface area contributed by atoms with Crippen molar-refractivity contribution in [1.82, 2.24) is 4.57 Å². The Balaban J connectivity index is 1.64. The van der Waals surface area contributed by atoms with Crippen LogP contribution in [-0.4, -0.2) is 24.1 Å². The van der Waals surface area contributed by atoms with Crippen LogP contribution in [0.4, 0.5) is 14.5 Å². The lowest BCUT2D eigenvalue weighted by Crippen LogP contribution is -2.35. The van der Waals surface area contributed by atoms with E-state index in [2.05, 4.69) is 0 Å². The van der Waals surface area contributed by atoms with E-state index < -0.39 is 11.6 Å². The van der Waals surface area contributed by atoms with E-state index >= 15 is 0 Å². The smallest absolute Gasteiger partial charge is 0.249 e.